The average Bonchev–Trinajstić information content (AvgIpc) is 2.65. The summed E-state index contributed by atoms with van der Waals surface area (Å²) in [6.07, 6.45) is 2.20. The summed E-state index contributed by atoms with van der Waals surface area (Å²) in [6, 6.07) is 6.57. The number of benzene rings is 1. The first-order chi connectivity index (χ1) is 8.25. The van der Waals surface area contributed by atoms with Gasteiger partial charge >= 0.3 is 0 Å². The number of nitrogens with two attached hydrogens (primary N) is 1. The van der Waals surface area contributed by atoms with Gasteiger partial charge in [-0.2, -0.15) is 0 Å². The number of aromatic nitrogens is 2. The SMILES string of the molecule is Nc1nc2cc(I)ccc2n1C1CCCOC1. The summed E-state index contributed by atoms with van der Waals surface area (Å²) in [5.41, 5.74) is 8.11. The molecule has 1 aliphatic rings. The van der Waals surface area contributed by atoms with E-state index in [9.17, 15) is 0 Å². The molecule has 90 valence electrons. The van der Waals surface area contributed by atoms with Gasteiger partial charge in [0.05, 0.1) is 23.7 Å². The van der Waals surface area contributed by atoms with E-state index < -0.39 is 0 Å². The zero-order valence-electron chi connectivity index (χ0n) is 9.40. The lowest BCUT2D eigenvalue weighted by Gasteiger charge is -2.24. The Morgan fingerprint density at radius 2 is 2.35 bits per heavy atom. The van der Waals surface area contributed by atoms with Gasteiger partial charge in [-0.05, 0) is 53.6 Å². The average molecular weight is 343 g/mol. The molecule has 0 bridgehead atoms. The van der Waals surface area contributed by atoms with E-state index in [1.807, 2.05) is 0 Å². The molecule has 1 aromatic carbocycles. The van der Waals surface area contributed by atoms with Crippen LogP contribution in [0.1, 0.15) is 18.9 Å². The molecule has 17 heavy (non-hydrogen) atoms. The molecule has 1 fully saturated rings. The van der Waals surface area contributed by atoms with Gasteiger partial charge in [0.25, 0.3) is 0 Å². The van der Waals surface area contributed by atoms with Crippen molar-refractivity contribution < 1.29 is 4.74 Å². The summed E-state index contributed by atoms with van der Waals surface area (Å²) in [4.78, 5) is 4.43. The Hall–Kier alpha value is -0.820. The minimum Gasteiger partial charge on any atom is -0.379 e. The van der Waals surface area contributed by atoms with Crippen LogP contribution >= 0.6 is 22.6 Å². The van der Waals surface area contributed by atoms with E-state index in [1.165, 1.54) is 3.57 Å². The number of nitrogen functional groups attached to an aromatic ring is 1. The number of imidazole rings is 1. The van der Waals surface area contributed by atoms with E-state index in [2.05, 4.69) is 50.3 Å². The Morgan fingerprint density at radius 3 is 3.12 bits per heavy atom. The highest BCUT2D eigenvalue weighted by Gasteiger charge is 2.20. The second-order valence-corrected chi connectivity index (χ2v) is 5.59. The Morgan fingerprint density at radius 1 is 1.47 bits per heavy atom. The summed E-state index contributed by atoms with van der Waals surface area (Å²) in [5.74, 6) is 0.595. The van der Waals surface area contributed by atoms with Crippen LogP contribution in [0.4, 0.5) is 5.95 Å². The van der Waals surface area contributed by atoms with Crippen molar-refractivity contribution in [1.82, 2.24) is 9.55 Å². The van der Waals surface area contributed by atoms with Crippen LogP contribution in [0.3, 0.4) is 0 Å². The maximum Gasteiger partial charge on any atom is 0.201 e. The summed E-state index contributed by atoms with van der Waals surface area (Å²) in [5, 5.41) is 0. The Labute approximate surface area is 113 Å². The molecular weight excluding hydrogens is 329 g/mol. The maximum atomic E-state index is 6.03. The number of ether oxygens (including phenoxy) is 1. The number of hydrogen-bond donors (Lipinski definition) is 1. The first kappa shape index (κ1) is 11.3. The third-order valence-corrected chi connectivity index (χ3v) is 3.85. The van der Waals surface area contributed by atoms with Crippen molar-refractivity contribution in [3.8, 4) is 0 Å². The predicted molar refractivity (Wildman–Crippen MR) is 76.0 cm³/mol. The topological polar surface area (TPSA) is 53.1 Å². The zero-order valence-corrected chi connectivity index (χ0v) is 11.6. The van der Waals surface area contributed by atoms with Crippen molar-refractivity contribution in [2.24, 2.45) is 0 Å². The van der Waals surface area contributed by atoms with Gasteiger partial charge in [-0.25, -0.2) is 4.98 Å². The molecule has 1 aromatic heterocycles. The third kappa shape index (κ3) is 2.01. The minimum absolute atomic E-state index is 0.328. The molecular formula is C12H14IN3O. The van der Waals surface area contributed by atoms with Crippen molar-refractivity contribution in [2.75, 3.05) is 18.9 Å². The van der Waals surface area contributed by atoms with E-state index >= 15 is 0 Å². The van der Waals surface area contributed by atoms with Crippen molar-refractivity contribution in [1.29, 1.82) is 0 Å². The van der Waals surface area contributed by atoms with Crippen molar-refractivity contribution >= 4 is 39.6 Å². The van der Waals surface area contributed by atoms with E-state index in [1.54, 1.807) is 0 Å². The highest BCUT2D eigenvalue weighted by Crippen LogP contribution is 2.28. The van der Waals surface area contributed by atoms with Gasteiger partial charge in [-0.3, -0.25) is 0 Å². The summed E-state index contributed by atoms with van der Waals surface area (Å²) in [7, 11) is 0. The van der Waals surface area contributed by atoms with Crippen molar-refractivity contribution in [2.45, 2.75) is 18.9 Å². The molecule has 1 saturated heterocycles. The van der Waals surface area contributed by atoms with E-state index in [0.717, 1.165) is 37.1 Å². The minimum atomic E-state index is 0.328. The number of anilines is 1. The van der Waals surface area contributed by atoms with Crippen LogP contribution in [-0.4, -0.2) is 22.8 Å². The van der Waals surface area contributed by atoms with Crippen LogP contribution in [0.2, 0.25) is 0 Å². The molecule has 1 aliphatic heterocycles. The standard InChI is InChI=1S/C12H14IN3O/c13-8-3-4-11-10(6-8)15-12(14)16(11)9-2-1-5-17-7-9/h3-4,6,9H,1-2,5,7H2,(H2,14,15). The Kier molecular flexibility index (Phi) is 2.96. The summed E-state index contributed by atoms with van der Waals surface area (Å²) >= 11 is 2.29. The number of rotatable bonds is 1. The normalized spacial score (nSPS) is 20.9. The van der Waals surface area contributed by atoms with E-state index in [0.29, 0.717) is 12.0 Å². The number of halogens is 1. The van der Waals surface area contributed by atoms with Gasteiger partial charge in [0.2, 0.25) is 5.95 Å². The molecule has 0 radical (unpaired) electrons. The fourth-order valence-corrected chi connectivity index (χ4v) is 2.88. The maximum absolute atomic E-state index is 6.03. The fraction of sp³-hybridized carbons (Fsp3) is 0.417. The number of hydrogen-bond acceptors (Lipinski definition) is 3. The van der Waals surface area contributed by atoms with Gasteiger partial charge in [-0.1, -0.05) is 0 Å². The van der Waals surface area contributed by atoms with Crippen LogP contribution in [0.5, 0.6) is 0 Å². The fourth-order valence-electron chi connectivity index (χ4n) is 2.40. The van der Waals surface area contributed by atoms with Gasteiger partial charge < -0.3 is 15.0 Å². The highest BCUT2D eigenvalue weighted by atomic mass is 127. The van der Waals surface area contributed by atoms with Crippen LogP contribution in [0.25, 0.3) is 11.0 Å². The quantitative estimate of drug-likeness (QED) is 0.810. The molecule has 1 unspecified atom stereocenters. The highest BCUT2D eigenvalue weighted by molar-refractivity contribution is 14.1. The molecule has 1 atom stereocenters. The lowest BCUT2D eigenvalue weighted by Crippen LogP contribution is -2.22. The first-order valence-corrected chi connectivity index (χ1v) is 6.84. The molecule has 2 N–H and O–H groups in total. The zero-order chi connectivity index (χ0) is 11.8. The Balaban J connectivity index is 2.11. The smallest absolute Gasteiger partial charge is 0.201 e. The number of fused-ring (bicyclic) bond motifs is 1. The molecule has 5 heteroatoms. The molecule has 2 aromatic rings. The first-order valence-electron chi connectivity index (χ1n) is 5.76. The van der Waals surface area contributed by atoms with Crippen LogP contribution in [0.15, 0.2) is 18.2 Å². The Bertz CT molecular complexity index is 546. The molecule has 3 rings (SSSR count). The predicted octanol–water partition coefficient (Wildman–Crippen LogP) is 2.57. The van der Waals surface area contributed by atoms with Gasteiger partial charge in [0.15, 0.2) is 0 Å². The third-order valence-electron chi connectivity index (χ3n) is 3.18. The van der Waals surface area contributed by atoms with Crippen LogP contribution in [0, 0.1) is 3.57 Å². The van der Waals surface area contributed by atoms with Gasteiger partial charge in [0, 0.05) is 10.2 Å². The van der Waals surface area contributed by atoms with Crippen molar-refractivity contribution in [3.05, 3.63) is 21.8 Å². The monoisotopic (exact) mass is 343 g/mol. The molecule has 2 heterocycles. The lowest BCUT2D eigenvalue weighted by atomic mass is 10.1. The summed E-state index contributed by atoms with van der Waals surface area (Å²) in [6.45, 7) is 1.60. The van der Waals surface area contributed by atoms with E-state index in [-0.39, 0.29) is 0 Å². The molecule has 0 spiro atoms. The van der Waals surface area contributed by atoms with Gasteiger partial charge in [-0.15, -0.1) is 0 Å². The molecule has 0 amide bonds. The molecule has 4 nitrogen and oxygen atoms in total. The van der Waals surface area contributed by atoms with E-state index in [4.69, 9.17) is 10.5 Å². The number of nitrogens with zero attached hydrogens (tertiary/aromatic N) is 2. The molecule has 0 aliphatic carbocycles. The second kappa shape index (κ2) is 4.45. The van der Waals surface area contributed by atoms with Gasteiger partial charge in [0.1, 0.15) is 0 Å². The van der Waals surface area contributed by atoms with Crippen LogP contribution in [-0.2, 0) is 4.74 Å². The van der Waals surface area contributed by atoms with Crippen LogP contribution < -0.4 is 5.73 Å². The van der Waals surface area contributed by atoms with Crippen molar-refractivity contribution in [3.63, 3.8) is 0 Å². The lowest BCUT2D eigenvalue weighted by molar-refractivity contribution is 0.0611. The second-order valence-electron chi connectivity index (χ2n) is 4.34. The summed E-state index contributed by atoms with van der Waals surface area (Å²) < 4.78 is 8.82. The molecule has 0 saturated carbocycles. The largest absolute Gasteiger partial charge is 0.379 e.